The van der Waals surface area contributed by atoms with Crippen molar-refractivity contribution >= 4 is 69.7 Å². The van der Waals surface area contributed by atoms with Gasteiger partial charge in [0.15, 0.2) is 0 Å². The molecule has 0 saturated carbocycles. The fourth-order valence-corrected chi connectivity index (χ4v) is 7.84. The molecule has 0 spiro atoms. The van der Waals surface area contributed by atoms with Gasteiger partial charge in [0.25, 0.3) is 0 Å². The number of hydrogen-bond acceptors (Lipinski definition) is 6. The minimum absolute atomic E-state index is 0.0444. The number of aromatic nitrogens is 4. The average molecular weight is 791 g/mol. The molecule has 0 unspecified atom stereocenters. The van der Waals surface area contributed by atoms with Crippen LogP contribution in [0.15, 0.2) is 127 Å². The minimum atomic E-state index is -1.28. The van der Waals surface area contributed by atoms with Crippen molar-refractivity contribution in [1.82, 2.24) is 19.9 Å². The summed E-state index contributed by atoms with van der Waals surface area (Å²) in [7, 11) is 0. The number of aromatic carboxylic acids is 4. The summed E-state index contributed by atoms with van der Waals surface area (Å²) in [6, 6.07) is 34.3. The molecule has 2 aliphatic heterocycles. The SMILES string of the molecule is O=C(O)c1ccccc1C1=Cc2cc3ccc(cc4nc(cc5[nH]c(c(-c6ccccc6C(=O)O)c1n2)c(-c1ccccc1C(=O)O)c5-c1ccccc1C(=O)O)C=C4)[nH]3. The number of hydrogen-bond donors (Lipinski definition) is 6. The predicted octanol–water partition coefficient (Wildman–Crippen LogP) is 9.87. The second-order valence-electron chi connectivity index (χ2n) is 14.0. The standard InChI is InChI=1S/C48H30N4O8/c53-45(54)34-13-5-1-9-30(34)38-23-29-22-27-18-17-25(49-27)21-26-19-20-28(50-26)24-39-40(31-10-2-6-14-35(31)46(55)56)41(32-11-3-7-15-36(32)47(57)58)44(52-39)42(43(38)51-29)33-12-4-8-16-37(33)48(59)60/h1-24,49,52H,(H,53,54)(H,55,56)(H,57,58)(H,59,60). The lowest BCUT2D eigenvalue weighted by atomic mass is 9.87. The predicted molar refractivity (Wildman–Crippen MR) is 227 cm³/mol. The zero-order valence-electron chi connectivity index (χ0n) is 31.2. The first-order valence-corrected chi connectivity index (χ1v) is 18.5. The number of benzene rings is 4. The number of nitrogens with one attached hydrogen (secondary N) is 2. The van der Waals surface area contributed by atoms with Crippen molar-refractivity contribution in [2.24, 2.45) is 0 Å². The van der Waals surface area contributed by atoms with Crippen molar-refractivity contribution in [3.05, 3.63) is 178 Å². The highest BCUT2D eigenvalue weighted by molar-refractivity contribution is 6.17. The van der Waals surface area contributed by atoms with Crippen molar-refractivity contribution < 1.29 is 39.6 Å². The number of H-pyrrole nitrogens is 2. The molecule has 8 bridgehead atoms. The Morgan fingerprint density at radius 3 is 1.40 bits per heavy atom. The second-order valence-corrected chi connectivity index (χ2v) is 14.0. The van der Waals surface area contributed by atoms with Gasteiger partial charge in [-0.1, -0.05) is 72.8 Å². The Labute approximate surface area is 339 Å². The summed E-state index contributed by atoms with van der Waals surface area (Å²) in [5.41, 5.74) is 5.05. The van der Waals surface area contributed by atoms with E-state index in [1.807, 2.05) is 24.3 Å². The van der Waals surface area contributed by atoms with Crippen LogP contribution in [0.25, 0.3) is 79.2 Å². The first-order chi connectivity index (χ1) is 29.0. The van der Waals surface area contributed by atoms with Crippen molar-refractivity contribution in [1.29, 1.82) is 0 Å². The quantitative estimate of drug-likeness (QED) is 0.0859. The van der Waals surface area contributed by atoms with Crippen LogP contribution in [0.2, 0.25) is 0 Å². The molecule has 6 N–H and O–H groups in total. The number of carboxylic acids is 4. The van der Waals surface area contributed by atoms with E-state index in [4.69, 9.17) is 9.97 Å². The Hall–Kier alpha value is -8.64. The van der Waals surface area contributed by atoms with Crippen LogP contribution in [0.3, 0.4) is 0 Å². The van der Waals surface area contributed by atoms with Crippen LogP contribution in [-0.4, -0.2) is 64.2 Å². The van der Waals surface area contributed by atoms with E-state index in [2.05, 4.69) is 9.97 Å². The largest absolute Gasteiger partial charge is 0.478 e. The maximum atomic E-state index is 13.2. The number of rotatable bonds is 8. The summed E-state index contributed by atoms with van der Waals surface area (Å²) in [4.78, 5) is 68.9. The molecule has 0 radical (unpaired) electrons. The molecule has 0 amide bonds. The number of carboxylic acid groups (broad SMARTS) is 4. The highest BCUT2D eigenvalue weighted by atomic mass is 16.4. The molecule has 12 heteroatoms. The topological polar surface area (TPSA) is 207 Å². The van der Waals surface area contributed by atoms with E-state index in [9.17, 15) is 39.6 Å². The molecule has 9 rings (SSSR count). The molecule has 0 fully saturated rings. The van der Waals surface area contributed by atoms with E-state index in [0.717, 1.165) is 5.52 Å². The third kappa shape index (κ3) is 6.49. The number of fused-ring (bicyclic) bond motifs is 8. The Morgan fingerprint density at radius 1 is 0.433 bits per heavy atom. The van der Waals surface area contributed by atoms with E-state index in [0.29, 0.717) is 39.3 Å². The van der Waals surface area contributed by atoms with Crippen LogP contribution in [0.5, 0.6) is 0 Å². The van der Waals surface area contributed by atoms with Gasteiger partial charge in [-0.05, 0) is 89.5 Å². The summed E-state index contributed by atoms with van der Waals surface area (Å²) in [6.07, 6.45) is 5.32. The molecule has 5 heterocycles. The van der Waals surface area contributed by atoms with Gasteiger partial charge >= 0.3 is 23.9 Å². The lowest BCUT2D eigenvalue weighted by molar-refractivity contribution is 0.0686. The molecule has 290 valence electrons. The molecular formula is C48H30N4O8. The van der Waals surface area contributed by atoms with Gasteiger partial charge in [-0.25, -0.2) is 29.1 Å². The Morgan fingerprint density at radius 2 is 0.867 bits per heavy atom. The highest BCUT2D eigenvalue weighted by Crippen LogP contribution is 2.48. The molecule has 2 aliphatic rings. The lowest BCUT2D eigenvalue weighted by Crippen LogP contribution is -2.05. The smallest absolute Gasteiger partial charge is 0.336 e. The molecule has 0 atom stereocenters. The van der Waals surface area contributed by atoms with E-state index in [1.165, 1.54) is 24.3 Å². The number of carbonyl (C=O) groups is 4. The minimum Gasteiger partial charge on any atom is -0.478 e. The number of aromatic amines is 2. The van der Waals surface area contributed by atoms with Gasteiger partial charge in [-0.15, -0.1) is 0 Å². The third-order valence-corrected chi connectivity index (χ3v) is 10.3. The summed E-state index contributed by atoms with van der Waals surface area (Å²) in [5, 5.41) is 42.5. The average Bonchev–Trinajstić information content (AvgIpc) is 4.05. The van der Waals surface area contributed by atoms with Crippen molar-refractivity contribution in [2.45, 2.75) is 0 Å². The van der Waals surface area contributed by atoms with E-state index < -0.39 is 23.9 Å². The summed E-state index contributed by atoms with van der Waals surface area (Å²) >= 11 is 0. The van der Waals surface area contributed by atoms with E-state index >= 15 is 0 Å². The van der Waals surface area contributed by atoms with Crippen LogP contribution in [0.4, 0.5) is 0 Å². The van der Waals surface area contributed by atoms with Gasteiger partial charge in [0.05, 0.1) is 50.5 Å². The molecule has 0 aliphatic carbocycles. The molecule has 0 saturated heterocycles. The van der Waals surface area contributed by atoms with Crippen molar-refractivity contribution in [3.63, 3.8) is 0 Å². The fraction of sp³-hybridized carbons (Fsp3) is 0. The first kappa shape index (κ1) is 37.0. The molecule has 7 aromatic rings. The summed E-state index contributed by atoms with van der Waals surface area (Å²) in [6.45, 7) is 0. The maximum Gasteiger partial charge on any atom is 0.336 e. The monoisotopic (exact) mass is 790 g/mol. The van der Waals surface area contributed by atoms with Gasteiger partial charge < -0.3 is 30.4 Å². The Bertz CT molecular complexity index is 3240. The van der Waals surface area contributed by atoms with Crippen molar-refractivity contribution in [3.8, 4) is 33.4 Å². The summed E-state index contributed by atoms with van der Waals surface area (Å²) < 4.78 is 0. The third-order valence-electron chi connectivity index (χ3n) is 10.3. The van der Waals surface area contributed by atoms with Gasteiger partial charge in [0, 0.05) is 44.4 Å². The van der Waals surface area contributed by atoms with Crippen LogP contribution in [-0.2, 0) is 0 Å². The summed E-state index contributed by atoms with van der Waals surface area (Å²) in [5.74, 6) is -4.99. The van der Waals surface area contributed by atoms with Crippen LogP contribution in [0, 0.1) is 0 Å². The van der Waals surface area contributed by atoms with Gasteiger partial charge in [0.2, 0.25) is 0 Å². The van der Waals surface area contributed by atoms with Crippen LogP contribution >= 0.6 is 0 Å². The zero-order chi connectivity index (χ0) is 41.7. The van der Waals surface area contributed by atoms with Crippen molar-refractivity contribution in [2.75, 3.05) is 0 Å². The highest BCUT2D eigenvalue weighted by Gasteiger charge is 2.30. The van der Waals surface area contributed by atoms with Gasteiger partial charge in [-0.2, -0.15) is 0 Å². The van der Waals surface area contributed by atoms with Gasteiger partial charge in [-0.3, -0.25) is 0 Å². The lowest BCUT2D eigenvalue weighted by Gasteiger charge is -2.16. The Kier molecular flexibility index (Phi) is 9.06. The Balaban J connectivity index is 1.62. The van der Waals surface area contributed by atoms with E-state index in [1.54, 1.807) is 97.1 Å². The zero-order valence-corrected chi connectivity index (χ0v) is 31.2. The maximum absolute atomic E-state index is 13.2. The molecular weight excluding hydrogens is 761 g/mol. The van der Waals surface area contributed by atoms with Crippen LogP contribution < -0.4 is 0 Å². The number of nitrogens with zero attached hydrogens (tertiary/aromatic N) is 2. The molecule has 12 nitrogen and oxygen atoms in total. The van der Waals surface area contributed by atoms with Gasteiger partial charge in [0.1, 0.15) is 0 Å². The molecule has 60 heavy (non-hydrogen) atoms. The van der Waals surface area contributed by atoms with Crippen LogP contribution in [0.1, 0.15) is 69.8 Å². The second kappa shape index (κ2) is 14.7. The normalized spacial score (nSPS) is 11.9. The molecule has 3 aromatic heterocycles. The van der Waals surface area contributed by atoms with E-state index in [-0.39, 0.29) is 66.8 Å². The molecule has 4 aromatic carbocycles. The first-order valence-electron chi connectivity index (χ1n) is 18.5. The fourth-order valence-electron chi connectivity index (χ4n) is 7.84.